The summed E-state index contributed by atoms with van der Waals surface area (Å²) in [5.74, 6) is -5.85. The first kappa shape index (κ1) is 48.9. The molecule has 0 heterocycles. The first-order chi connectivity index (χ1) is 33.3. The Morgan fingerprint density at radius 3 is 1.14 bits per heavy atom. The minimum atomic E-state index is -1.18. The Morgan fingerprint density at radius 1 is 0.429 bits per heavy atom. The van der Waals surface area contributed by atoms with E-state index in [4.69, 9.17) is 0 Å². The fourth-order valence-electron chi connectivity index (χ4n) is 10.9. The number of aliphatic hydroxyl groups excluding tert-OH is 2. The van der Waals surface area contributed by atoms with Crippen molar-refractivity contribution >= 4 is 5.78 Å². The van der Waals surface area contributed by atoms with Gasteiger partial charge in [0.05, 0.1) is 5.92 Å². The van der Waals surface area contributed by atoms with Crippen molar-refractivity contribution in [1.82, 2.24) is 0 Å². The largest absolute Gasteiger partial charge is 0.508 e. The number of aryl methyl sites for hydroxylation is 8. The number of carbonyl (C=O) groups excluding carboxylic acids is 1. The van der Waals surface area contributed by atoms with E-state index < -0.39 is 29.5 Å². The van der Waals surface area contributed by atoms with Crippen molar-refractivity contribution in [2.45, 2.75) is 92.4 Å². The minimum Gasteiger partial charge on any atom is -0.508 e. The molecular formula is C62H62O8. The highest BCUT2D eigenvalue weighted by Gasteiger charge is 2.36. The molecule has 0 fully saturated rings. The van der Waals surface area contributed by atoms with Crippen LogP contribution in [0.4, 0.5) is 0 Å². The number of benzene rings is 7. The van der Waals surface area contributed by atoms with E-state index in [0.29, 0.717) is 38.9 Å². The van der Waals surface area contributed by atoms with Gasteiger partial charge in [0.1, 0.15) is 34.5 Å². The van der Waals surface area contributed by atoms with Gasteiger partial charge in [-0.05, 0) is 161 Å². The minimum absolute atomic E-state index is 0.110. The molecule has 1 aliphatic carbocycles. The number of fused-ring (bicyclic) bond motifs is 6. The highest BCUT2D eigenvalue weighted by molar-refractivity contribution is 6.00. The number of aromatic hydroxyl groups is 5. The molecule has 4 unspecified atom stereocenters. The molecule has 7 aromatic rings. The Kier molecular flexibility index (Phi) is 13.6. The topological polar surface area (TPSA) is 159 Å². The number of hydrogen-bond acceptors (Lipinski definition) is 8. The van der Waals surface area contributed by atoms with Gasteiger partial charge in [-0.25, -0.2) is 0 Å². The molecule has 358 valence electrons. The number of ketones is 1. The molecule has 8 nitrogen and oxygen atoms in total. The number of rotatable bonds is 7. The quantitative estimate of drug-likeness (QED) is 0.0778. The summed E-state index contributed by atoms with van der Waals surface area (Å²) in [6.45, 7) is 17.1. The van der Waals surface area contributed by atoms with Crippen LogP contribution < -0.4 is 0 Å². The lowest BCUT2D eigenvalue weighted by atomic mass is 9.73. The van der Waals surface area contributed by atoms with Crippen LogP contribution >= 0.6 is 0 Å². The Hall–Kier alpha value is -7.55. The van der Waals surface area contributed by atoms with Crippen molar-refractivity contribution in [2.24, 2.45) is 0 Å². The lowest BCUT2D eigenvalue weighted by molar-refractivity contribution is -0.115. The fourth-order valence-corrected chi connectivity index (χ4v) is 10.9. The van der Waals surface area contributed by atoms with E-state index in [1.807, 2.05) is 134 Å². The van der Waals surface area contributed by atoms with Crippen LogP contribution in [0.5, 0.6) is 28.7 Å². The average molecular weight is 935 g/mol. The van der Waals surface area contributed by atoms with Crippen LogP contribution in [-0.2, 0) is 11.2 Å². The summed E-state index contributed by atoms with van der Waals surface area (Å²) in [5.41, 5.74) is 13.0. The Bertz CT molecular complexity index is 3280. The number of allylic oxidation sites excluding steroid dienone is 3. The van der Waals surface area contributed by atoms with Crippen molar-refractivity contribution in [1.29, 1.82) is 0 Å². The van der Waals surface area contributed by atoms with Gasteiger partial charge in [-0.1, -0.05) is 95.1 Å². The molecule has 0 aliphatic heterocycles. The van der Waals surface area contributed by atoms with Gasteiger partial charge in [0, 0.05) is 69.9 Å². The SMILES string of the molecule is C/C=C(O)\C1=C/C(=O)C(c2ccc(C)cc2C)c2cc(c(O)cc2O)C(c2ccc(C)cc2C)c2cc(c(O)cc2CCO)C(c2ccc(C)cc2C)c2cc(c(O)cc2O)C1c1ccc(C)cc1C. The highest BCUT2D eigenvalue weighted by atomic mass is 16.3. The zero-order valence-electron chi connectivity index (χ0n) is 41.3. The predicted molar refractivity (Wildman–Crippen MR) is 277 cm³/mol. The van der Waals surface area contributed by atoms with Gasteiger partial charge < -0.3 is 35.7 Å². The van der Waals surface area contributed by atoms with Crippen molar-refractivity contribution in [3.05, 3.63) is 238 Å². The van der Waals surface area contributed by atoms with E-state index in [1.165, 1.54) is 24.3 Å². The van der Waals surface area contributed by atoms with Crippen LogP contribution in [0, 0.1) is 55.4 Å². The summed E-state index contributed by atoms with van der Waals surface area (Å²) in [5, 5.41) is 84.3. The summed E-state index contributed by atoms with van der Waals surface area (Å²) >= 11 is 0. The summed E-state index contributed by atoms with van der Waals surface area (Å²) in [6, 6.07) is 33.0. The number of phenols is 5. The molecule has 0 saturated heterocycles. The van der Waals surface area contributed by atoms with Crippen LogP contribution in [0.2, 0.25) is 0 Å². The molecule has 0 amide bonds. The summed E-state index contributed by atoms with van der Waals surface area (Å²) < 4.78 is 0. The average Bonchev–Trinajstić information content (AvgIpc) is 3.29. The molecule has 7 aromatic carbocycles. The van der Waals surface area contributed by atoms with Gasteiger partial charge in [-0.15, -0.1) is 0 Å². The van der Waals surface area contributed by atoms with Crippen molar-refractivity contribution < 1.29 is 40.5 Å². The third-order valence-corrected chi connectivity index (χ3v) is 14.3. The summed E-state index contributed by atoms with van der Waals surface area (Å²) in [6.07, 6.45) is 3.02. The van der Waals surface area contributed by atoms with Crippen LogP contribution in [0.3, 0.4) is 0 Å². The standard InChI is InChI=1S/C62H62O8/c1-10-52(64)51-29-58(70)62(44-18-14-35(5)24-39(44)9)50-28-47(54(66)31-57(50)69)59(41-15-11-32(2)21-36(41)6)45-26-46(53(65)25-40(45)19-20-63)60(42-16-12-33(3)22-37(42)7)48-27-49(56(68)30-55(48)67)61(51)43-17-13-34(4)23-38(43)8/h10-18,21-31,59-69H,19-20H2,1-9H3/b51-29+,52-10+. The highest BCUT2D eigenvalue weighted by Crippen LogP contribution is 2.52. The van der Waals surface area contributed by atoms with Gasteiger partial charge in [0.15, 0.2) is 5.78 Å². The molecule has 8 heteroatoms. The molecule has 6 bridgehead atoms. The van der Waals surface area contributed by atoms with Gasteiger partial charge in [0.2, 0.25) is 0 Å². The second kappa shape index (κ2) is 19.4. The third-order valence-electron chi connectivity index (χ3n) is 14.3. The maximum absolute atomic E-state index is 15.8. The molecule has 0 spiro atoms. The number of hydrogen-bond donors (Lipinski definition) is 7. The van der Waals surface area contributed by atoms with Gasteiger partial charge in [-0.3, -0.25) is 4.79 Å². The smallest absolute Gasteiger partial charge is 0.168 e. The van der Waals surface area contributed by atoms with E-state index in [2.05, 4.69) is 0 Å². The van der Waals surface area contributed by atoms with Crippen LogP contribution in [0.15, 0.2) is 133 Å². The Balaban J connectivity index is 1.63. The molecule has 0 radical (unpaired) electrons. The van der Waals surface area contributed by atoms with Gasteiger partial charge in [-0.2, -0.15) is 0 Å². The van der Waals surface area contributed by atoms with E-state index in [-0.39, 0.29) is 64.2 Å². The Labute approximate surface area is 410 Å². The number of phenolic OH excluding ortho intramolecular Hbond substituents is 5. The summed E-state index contributed by atoms with van der Waals surface area (Å²) in [7, 11) is 0. The van der Waals surface area contributed by atoms with Gasteiger partial charge >= 0.3 is 0 Å². The Morgan fingerprint density at radius 2 is 0.757 bits per heavy atom. The van der Waals surface area contributed by atoms with Crippen LogP contribution in [-0.4, -0.2) is 48.1 Å². The van der Waals surface area contributed by atoms with Gasteiger partial charge in [0.25, 0.3) is 0 Å². The third kappa shape index (κ3) is 9.07. The predicted octanol–water partition coefficient (Wildman–Crippen LogP) is 12.8. The number of aliphatic hydroxyl groups is 2. The first-order valence-electron chi connectivity index (χ1n) is 23.8. The zero-order chi connectivity index (χ0) is 50.5. The molecule has 0 saturated carbocycles. The van der Waals surface area contributed by atoms with Crippen molar-refractivity contribution in [3.8, 4) is 28.7 Å². The zero-order valence-corrected chi connectivity index (χ0v) is 41.3. The molecule has 4 atom stereocenters. The molecule has 7 N–H and O–H groups in total. The second-order valence-corrected chi connectivity index (χ2v) is 19.4. The maximum Gasteiger partial charge on any atom is 0.168 e. The van der Waals surface area contributed by atoms with E-state index in [9.17, 15) is 35.7 Å². The normalized spacial score (nSPS) is 18.1. The van der Waals surface area contributed by atoms with E-state index >= 15 is 4.79 Å². The molecule has 1 aliphatic rings. The van der Waals surface area contributed by atoms with Crippen LogP contribution in [0.25, 0.3) is 0 Å². The van der Waals surface area contributed by atoms with E-state index in [0.717, 1.165) is 55.6 Å². The van der Waals surface area contributed by atoms with Crippen molar-refractivity contribution in [3.63, 3.8) is 0 Å². The molecule has 0 aromatic heterocycles. The second-order valence-electron chi connectivity index (χ2n) is 19.4. The van der Waals surface area contributed by atoms with E-state index in [1.54, 1.807) is 25.1 Å². The molecular weight excluding hydrogens is 873 g/mol. The number of carbonyl (C=O) groups is 1. The fraction of sp³-hybridized carbons (Fsp3) is 0.242. The maximum atomic E-state index is 15.8. The lowest BCUT2D eigenvalue weighted by Crippen LogP contribution is -2.19. The first-order valence-corrected chi connectivity index (χ1v) is 23.8. The lowest BCUT2D eigenvalue weighted by Gasteiger charge is -2.31. The summed E-state index contributed by atoms with van der Waals surface area (Å²) in [4.78, 5) is 15.8. The molecule has 70 heavy (non-hydrogen) atoms. The van der Waals surface area contributed by atoms with Crippen molar-refractivity contribution in [2.75, 3.05) is 6.61 Å². The van der Waals surface area contributed by atoms with Crippen LogP contribution in [0.1, 0.15) is 136 Å². The monoisotopic (exact) mass is 934 g/mol. The molecule has 8 rings (SSSR count).